The van der Waals surface area contributed by atoms with Crippen molar-refractivity contribution in [3.63, 3.8) is 0 Å². The maximum atomic E-state index is 13.5. The Labute approximate surface area is 329 Å². The van der Waals surface area contributed by atoms with E-state index in [1.165, 1.54) is 6.20 Å². The van der Waals surface area contributed by atoms with Gasteiger partial charge in [-0.2, -0.15) is 5.10 Å². The Hall–Kier alpha value is -5.76. The van der Waals surface area contributed by atoms with E-state index in [-0.39, 0.29) is 41.5 Å². The van der Waals surface area contributed by atoms with Gasteiger partial charge in [0.15, 0.2) is 11.4 Å². The number of pyridine rings is 1. The molecule has 2 N–H and O–H groups in total. The fourth-order valence-corrected chi connectivity index (χ4v) is 8.31. The number of imidazole rings is 1. The number of piperidine rings is 2. The van der Waals surface area contributed by atoms with E-state index >= 15 is 0 Å². The van der Waals surface area contributed by atoms with Crippen molar-refractivity contribution < 1.29 is 23.9 Å². The lowest BCUT2D eigenvalue weighted by Gasteiger charge is -2.42. The maximum Gasteiger partial charge on any atom is 0.253 e. The predicted molar refractivity (Wildman–Crippen MR) is 211 cm³/mol. The van der Waals surface area contributed by atoms with Crippen molar-refractivity contribution in [2.45, 2.75) is 57.9 Å². The van der Waals surface area contributed by atoms with Crippen LogP contribution in [0.3, 0.4) is 0 Å². The number of anilines is 1. The molecular weight excluding hydrogens is 734 g/mol. The number of ether oxygens (including phenoxy) is 1. The van der Waals surface area contributed by atoms with Crippen molar-refractivity contribution in [2.75, 3.05) is 37.6 Å². The average Bonchev–Trinajstić information content (AvgIpc) is 3.78. The third-order valence-corrected chi connectivity index (χ3v) is 11.5. The van der Waals surface area contributed by atoms with Gasteiger partial charge in [-0.25, -0.2) is 9.97 Å². The summed E-state index contributed by atoms with van der Waals surface area (Å²) in [6.45, 7) is 7.26. The number of imide groups is 1. The van der Waals surface area contributed by atoms with Crippen LogP contribution in [0.4, 0.5) is 5.69 Å². The van der Waals surface area contributed by atoms with E-state index in [0.717, 1.165) is 48.4 Å². The lowest BCUT2D eigenvalue weighted by Crippen LogP contribution is -2.54. The first-order chi connectivity index (χ1) is 27.0. The number of hydrogen-bond acceptors (Lipinski definition) is 9. The molecule has 15 heteroatoms. The van der Waals surface area contributed by atoms with Crippen LogP contribution >= 0.6 is 11.6 Å². The zero-order chi connectivity index (χ0) is 39.1. The van der Waals surface area contributed by atoms with Gasteiger partial charge in [-0.15, -0.1) is 0 Å². The van der Waals surface area contributed by atoms with Crippen molar-refractivity contribution in [3.05, 3.63) is 82.8 Å². The quantitative estimate of drug-likeness (QED) is 0.191. The van der Waals surface area contributed by atoms with E-state index in [0.29, 0.717) is 78.0 Å². The van der Waals surface area contributed by atoms with E-state index in [2.05, 4.69) is 37.2 Å². The Morgan fingerprint density at radius 1 is 0.982 bits per heavy atom. The van der Waals surface area contributed by atoms with E-state index < -0.39 is 0 Å². The summed E-state index contributed by atoms with van der Waals surface area (Å²) in [5.74, 6) is 1.09. The van der Waals surface area contributed by atoms with Crippen LogP contribution in [0.25, 0.3) is 22.6 Å². The Balaban J connectivity index is 0.817. The first-order valence-electron chi connectivity index (χ1n) is 19.1. The number of piperazine rings is 1. The van der Waals surface area contributed by atoms with Crippen LogP contribution in [0.1, 0.15) is 66.6 Å². The summed E-state index contributed by atoms with van der Waals surface area (Å²) in [4.78, 5) is 69.2. The first-order valence-corrected chi connectivity index (χ1v) is 19.5. The van der Waals surface area contributed by atoms with E-state index in [1.807, 2.05) is 54.2 Å². The molecule has 2 aromatic carbocycles. The summed E-state index contributed by atoms with van der Waals surface area (Å²) in [7, 11) is 1.85. The van der Waals surface area contributed by atoms with Gasteiger partial charge in [-0.3, -0.25) is 29.2 Å². The molecule has 3 fully saturated rings. The van der Waals surface area contributed by atoms with Crippen LogP contribution in [0, 0.1) is 12.8 Å². The smallest absolute Gasteiger partial charge is 0.253 e. The Morgan fingerprint density at radius 2 is 1.73 bits per heavy atom. The number of carbonyl (C=O) groups is 4. The Kier molecular flexibility index (Phi) is 10.2. The minimum absolute atomic E-state index is 0.0494. The number of carbonyl (C=O) groups excluding carboxylic acids is 4. The highest BCUT2D eigenvalue weighted by atomic mass is 35.5. The molecule has 290 valence electrons. The number of amides is 4. The average molecular weight is 778 g/mol. The Morgan fingerprint density at radius 3 is 2.41 bits per heavy atom. The molecule has 14 nitrogen and oxygen atoms in total. The lowest BCUT2D eigenvalue weighted by molar-refractivity contribution is -0.135. The number of rotatable bonds is 8. The number of aromatic nitrogens is 5. The highest BCUT2D eigenvalue weighted by Gasteiger charge is 2.32. The second-order valence-corrected chi connectivity index (χ2v) is 15.5. The van der Waals surface area contributed by atoms with Gasteiger partial charge in [0.1, 0.15) is 22.1 Å². The van der Waals surface area contributed by atoms with Crippen molar-refractivity contribution in [1.82, 2.24) is 39.8 Å². The molecule has 0 radical (unpaired) electrons. The van der Waals surface area contributed by atoms with Gasteiger partial charge in [0.2, 0.25) is 17.7 Å². The highest BCUT2D eigenvalue weighted by molar-refractivity contribution is 6.32. The van der Waals surface area contributed by atoms with Crippen molar-refractivity contribution in [2.24, 2.45) is 13.0 Å². The van der Waals surface area contributed by atoms with Gasteiger partial charge in [-0.1, -0.05) is 23.7 Å². The van der Waals surface area contributed by atoms with E-state index in [9.17, 15) is 19.2 Å². The van der Waals surface area contributed by atoms with Gasteiger partial charge < -0.3 is 24.4 Å². The number of hydrogen-bond donors (Lipinski definition) is 2. The molecule has 0 aliphatic carbocycles. The SMILES string of the molecule is Cc1nn(C)cc1-c1nc2ncc(Cl)c(Oc3ccc(C(=O)N4CCC(CC(=O)N5CCN(c6ccc([C@@H]7CCC(=O)NC7=O)cc6)C[C@H]5C)CC4)cc3)c2[nH]1. The largest absolute Gasteiger partial charge is 0.453 e. The van der Waals surface area contributed by atoms with Crippen LogP contribution in [-0.4, -0.2) is 96.9 Å². The van der Waals surface area contributed by atoms with E-state index in [4.69, 9.17) is 16.3 Å². The predicted octanol–water partition coefficient (Wildman–Crippen LogP) is 5.61. The van der Waals surface area contributed by atoms with Crippen molar-refractivity contribution in [1.29, 1.82) is 0 Å². The molecule has 8 rings (SSSR count). The molecule has 3 aromatic heterocycles. The number of aryl methyl sites for hydroxylation is 2. The number of halogens is 1. The monoisotopic (exact) mass is 777 g/mol. The molecule has 6 heterocycles. The second-order valence-electron chi connectivity index (χ2n) is 15.1. The molecule has 56 heavy (non-hydrogen) atoms. The minimum atomic E-state index is -0.306. The van der Waals surface area contributed by atoms with Gasteiger partial charge in [0, 0.05) is 76.1 Å². The number of aromatic amines is 1. The number of H-pyrrole nitrogens is 1. The van der Waals surface area contributed by atoms with Crippen LogP contribution in [-0.2, 0) is 21.4 Å². The number of fused-ring (bicyclic) bond motifs is 1. The van der Waals surface area contributed by atoms with Gasteiger partial charge in [-0.05, 0) is 81.0 Å². The lowest BCUT2D eigenvalue weighted by atomic mass is 9.90. The summed E-state index contributed by atoms with van der Waals surface area (Å²) in [6, 6.07) is 15.1. The number of nitrogens with zero attached hydrogens (tertiary/aromatic N) is 7. The number of likely N-dealkylation sites (tertiary alicyclic amines) is 1. The van der Waals surface area contributed by atoms with Crippen molar-refractivity contribution >= 4 is 52.1 Å². The molecule has 3 saturated heterocycles. The summed E-state index contributed by atoms with van der Waals surface area (Å²) < 4.78 is 7.93. The zero-order valence-electron chi connectivity index (χ0n) is 31.6. The maximum absolute atomic E-state index is 13.5. The summed E-state index contributed by atoms with van der Waals surface area (Å²) >= 11 is 6.53. The summed E-state index contributed by atoms with van der Waals surface area (Å²) in [5.41, 5.74) is 5.23. The van der Waals surface area contributed by atoms with Crippen LogP contribution < -0.4 is 15.0 Å². The fourth-order valence-electron chi connectivity index (χ4n) is 8.13. The van der Waals surface area contributed by atoms with Crippen LogP contribution in [0.5, 0.6) is 11.5 Å². The third-order valence-electron chi connectivity index (χ3n) is 11.2. The molecule has 0 unspecified atom stereocenters. The molecule has 2 atom stereocenters. The molecule has 0 bridgehead atoms. The normalized spacial score (nSPS) is 19.4. The topological polar surface area (TPSA) is 159 Å². The minimum Gasteiger partial charge on any atom is -0.453 e. The highest BCUT2D eigenvalue weighted by Crippen LogP contribution is 2.36. The molecule has 3 aliphatic rings. The molecule has 4 amide bonds. The van der Waals surface area contributed by atoms with Gasteiger partial charge in [0.25, 0.3) is 5.91 Å². The molecule has 5 aromatic rings. The molecule has 3 aliphatic heterocycles. The second kappa shape index (κ2) is 15.4. The van der Waals surface area contributed by atoms with Gasteiger partial charge in [0.05, 0.1) is 23.4 Å². The Bertz CT molecular complexity index is 2300. The molecular formula is C41H44ClN9O5. The third kappa shape index (κ3) is 7.57. The summed E-state index contributed by atoms with van der Waals surface area (Å²) in [6.07, 6.45) is 6.29. The summed E-state index contributed by atoms with van der Waals surface area (Å²) in [5, 5.41) is 7.16. The standard InChI is InChI=1S/C41H44ClN9O5/c1-24-22-50(29-8-4-27(5-9-29)31-12-13-34(52)44-40(31)54)18-19-51(24)35(53)20-26-14-16-49(17-15-26)41(55)28-6-10-30(11-7-28)56-37-33(42)21-43-39-36(37)45-38(46-39)32-23-48(3)47-25(32)2/h4-11,21,23-24,26,31H,12-20,22H2,1-3H3,(H,43,45,46)(H,44,52,54)/t24-,31+/m1/s1. The van der Waals surface area contributed by atoms with Gasteiger partial charge >= 0.3 is 0 Å². The fraction of sp³-hybridized carbons (Fsp3) is 0.390. The zero-order valence-corrected chi connectivity index (χ0v) is 32.4. The van der Waals surface area contributed by atoms with E-state index in [1.54, 1.807) is 28.9 Å². The van der Waals surface area contributed by atoms with Crippen LogP contribution in [0.15, 0.2) is 60.9 Å². The number of benzene rings is 2. The first kappa shape index (κ1) is 37.2. The van der Waals surface area contributed by atoms with Crippen molar-refractivity contribution in [3.8, 4) is 22.9 Å². The number of nitrogens with one attached hydrogen (secondary N) is 2. The van der Waals surface area contributed by atoms with Crippen LogP contribution in [0.2, 0.25) is 5.02 Å². The molecule has 0 spiro atoms. The molecule has 0 saturated carbocycles.